The molecule has 0 saturated carbocycles. The van der Waals surface area contributed by atoms with Crippen molar-refractivity contribution in [3.63, 3.8) is 0 Å². The van der Waals surface area contributed by atoms with Gasteiger partial charge < -0.3 is 0 Å². The Kier molecular flexibility index (Phi) is 5.13. The van der Waals surface area contributed by atoms with E-state index < -0.39 is 0 Å². The molecule has 2 aromatic carbocycles. The minimum absolute atomic E-state index is 0.897. The predicted octanol–water partition coefficient (Wildman–Crippen LogP) is 5.13. The molecule has 1 heterocycles. The summed E-state index contributed by atoms with van der Waals surface area (Å²) in [6.07, 6.45) is 2.38. The van der Waals surface area contributed by atoms with Crippen LogP contribution in [0.15, 0.2) is 59.8 Å². The molecule has 0 N–H and O–H groups in total. The molecule has 3 nitrogen and oxygen atoms in total. The molecule has 0 aliphatic carbocycles. The highest BCUT2D eigenvalue weighted by Gasteiger charge is 2.15. The Hall–Kier alpha value is -2.07. The van der Waals surface area contributed by atoms with Gasteiger partial charge in [-0.05, 0) is 25.5 Å². The molecule has 0 fully saturated rings. The lowest BCUT2D eigenvalue weighted by molar-refractivity contribution is 0.865. The zero-order chi connectivity index (χ0) is 16.1. The fourth-order valence-corrected chi connectivity index (χ4v) is 3.41. The summed E-state index contributed by atoms with van der Waals surface area (Å²) in [6, 6.07) is 18.8. The van der Waals surface area contributed by atoms with Crippen LogP contribution in [0.1, 0.15) is 25.3 Å². The molecule has 1 aromatic heterocycles. The number of aryl methyl sites for hydroxylation is 1. The Morgan fingerprint density at radius 1 is 0.957 bits per heavy atom. The van der Waals surface area contributed by atoms with Crippen LogP contribution >= 0.6 is 11.8 Å². The summed E-state index contributed by atoms with van der Waals surface area (Å²) in [6.45, 7) is 4.31. The van der Waals surface area contributed by atoms with Crippen LogP contribution in [0, 0.1) is 6.92 Å². The first-order valence-corrected chi connectivity index (χ1v) is 8.99. The van der Waals surface area contributed by atoms with E-state index in [0.29, 0.717) is 0 Å². The van der Waals surface area contributed by atoms with Crippen molar-refractivity contribution in [1.82, 2.24) is 14.8 Å². The molecule has 0 radical (unpaired) electrons. The smallest absolute Gasteiger partial charge is 0.196 e. The molecule has 4 heteroatoms. The maximum absolute atomic E-state index is 4.46. The molecular formula is C19H21N3S. The molecule has 3 aromatic rings. The largest absolute Gasteiger partial charge is 0.270 e. The van der Waals surface area contributed by atoms with Crippen LogP contribution in [0.4, 0.5) is 0 Å². The summed E-state index contributed by atoms with van der Waals surface area (Å²) >= 11 is 1.78. The Balaban J connectivity index is 2.04. The Bertz CT molecular complexity index is 748. The van der Waals surface area contributed by atoms with Gasteiger partial charge in [0.05, 0.1) is 0 Å². The van der Waals surface area contributed by atoms with Gasteiger partial charge in [0.1, 0.15) is 0 Å². The summed E-state index contributed by atoms with van der Waals surface area (Å²) in [4.78, 5) is 0. The number of unbranched alkanes of at least 4 members (excludes halogenated alkanes) is 1. The van der Waals surface area contributed by atoms with Crippen LogP contribution in [0.2, 0.25) is 0 Å². The number of nitrogens with zero attached hydrogens (tertiary/aromatic N) is 3. The molecule has 0 atom stereocenters. The van der Waals surface area contributed by atoms with Gasteiger partial charge in [0.15, 0.2) is 11.0 Å². The first-order chi connectivity index (χ1) is 11.3. The second kappa shape index (κ2) is 7.47. The van der Waals surface area contributed by atoms with Crippen LogP contribution < -0.4 is 0 Å². The lowest BCUT2D eigenvalue weighted by Crippen LogP contribution is -2.00. The van der Waals surface area contributed by atoms with Crippen molar-refractivity contribution in [2.24, 2.45) is 0 Å². The van der Waals surface area contributed by atoms with Crippen LogP contribution in [-0.2, 0) is 0 Å². The molecule has 3 rings (SSSR count). The van der Waals surface area contributed by atoms with E-state index in [1.54, 1.807) is 11.8 Å². The number of aromatic nitrogens is 3. The molecule has 0 bridgehead atoms. The number of thioether (sulfide) groups is 1. The van der Waals surface area contributed by atoms with Crippen LogP contribution in [0.3, 0.4) is 0 Å². The molecule has 23 heavy (non-hydrogen) atoms. The van der Waals surface area contributed by atoms with E-state index in [1.165, 1.54) is 18.4 Å². The fraction of sp³-hybridized carbons (Fsp3) is 0.263. The van der Waals surface area contributed by atoms with E-state index in [1.807, 2.05) is 18.2 Å². The SMILES string of the molecule is CCCCSc1nnc(-c2ccccc2)n1-c1ccc(C)cc1. The topological polar surface area (TPSA) is 30.7 Å². The molecule has 0 amide bonds. The van der Waals surface area contributed by atoms with Gasteiger partial charge in [0, 0.05) is 17.0 Å². The zero-order valence-electron chi connectivity index (χ0n) is 13.6. The minimum atomic E-state index is 0.897. The highest BCUT2D eigenvalue weighted by molar-refractivity contribution is 7.99. The van der Waals surface area contributed by atoms with Crippen molar-refractivity contribution in [1.29, 1.82) is 0 Å². The maximum Gasteiger partial charge on any atom is 0.196 e. The Labute approximate surface area is 141 Å². The Morgan fingerprint density at radius 3 is 2.39 bits per heavy atom. The van der Waals surface area contributed by atoms with Gasteiger partial charge in [-0.3, -0.25) is 4.57 Å². The van der Waals surface area contributed by atoms with E-state index in [-0.39, 0.29) is 0 Å². The van der Waals surface area contributed by atoms with Gasteiger partial charge in [-0.25, -0.2) is 0 Å². The number of rotatable bonds is 6. The van der Waals surface area contributed by atoms with Crippen LogP contribution in [-0.4, -0.2) is 20.5 Å². The van der Waals surface area contributed by atoms with Crippen LogP contribution in [0.5, 0.6) is 0 Å². The quantitative estimate of drug-likeness (QED) is 0.465. The Morgan fingerprint density at radius 2 is 1.70 bits per heavy atom. The van der Waals surface area contributed by atoms with Crippen LogP contribution in [0.25, 0.3) is 17.1 Å². The van der Waals surface area contributed by atoms with Crippen molar-refractivity contribution >= 4 is 11.8 Å². The van der Waals surface area contributed by atoms with Gasteiger partial charge in [0.25, 0.3) is 0 Å². The maximum atomic E-state index is 4.46. The first-order valence-electron chi connectivity index (χ1n) is 8.00. The van der Waals surface area contributed by atoms with Gasteiger partial charge >= 0.3 is 0 Å². The van der Waals surface area contributed by atoms with Gasteiger partial charge in [-0.15, -0.1) is 10.2 Å². The lowest BCUT2D eigenvalue weighted by atomic mass is 10.2. The molecule has 0 unspecified atom stereocenters. The average Bonchev–Trinajstić information content (AvgIpc) is 3.00. The van der Waals surface area contributed by atoms with E-state index in [0.717, 1.165) is 28.0 Å². The van der Waals surface area contributed by atoms with Gasteiger partial charge in [-0.1, -0.05) is 73.1 Å². The third-order valence-corrected chi connectivity index (χ3v) is 4.70. The average molecular weight is 323 g/mol. The van der Waals surface area contributed by atoms with Gasteiger partial charge in [0.2, 0.25) is 0 Å². The monoisotopic (exact) mass is 323 g/mol. The van der Waals surface area contributed by atoms with E-state index in [2.05, 4.69) is 65.0 Å². The zero-order valence-corrected chi connectivity index (χ0v) is 14.4. The predicted molar refractivity (Wildman–Crippen MR) is 97.2 cm³/mol. The van der Waals surface area contributed by atoms with E-state index in [4.69, 9.17) is 0 Å². The summed E-state index contributed by atoms with van der Waals surface area (Å²) in [7, 11) is 0. The molecular weight excluding hydrogens is 302 g/mol. The third-order valence-electron chi connectivity index (χ3n) is 3.69. The van der Waals surface area contributed by atoms with Crippen molar-refractivity contribution in [2.45, 2.75) is 31.8 Å². The van der Waals surface area contributed by atoms with E-state index in [9.17, 15) is 0 Å². The van der Waals surface area contributed by atoms with Crippen molar-refractivity contribution < 1.29 is 0 Å². The number of hydrogen-bond donors (Lipinski definition) is 0. The van der Waals surface area contributed by atoms with Crippen molar-refractivity contribution in [2.75, 3.05) is 5.75 Å². The summed E-state index contributed by atoms with van der Waals surface area (Å²) in [5.74, 6) is 1.96. The second-order valence-corrected chi connectivity index (χ2v) is 6.61. The highest BCUT2D eigenvalue weighted by Crippen LogP contribution is 2.28. The second-order valence-electron chi connectivity index (χ2n) is 5.55. The lowest BCUT2D eigenvalue weighted by Gasteiger charge is -2.10. The highest BCUT2D eigenvalue weighted by atomic mass is 32.2. The van der Waals surface area contributed by atoms with E-state index >= 15 is 0 Å². The fourth-order valence-electron chi connectivity index (χ4n) is 2.37. The molecule has 0 saturated heterocycles. The molecule has 0 aliphatic rings. The van der Waals surface area contributed by atoms with Crippen molar-refractivity contribution in [3.05, 3.63) is 60.2 Å². The molecule has 0 spiro atoms. The normalized spacial score (nSPS) is 10.9. The summed E-state index contributed by atoms with van der Waals surface area (Å²) in [5, 5.41) is 9.85. The van der Waals surface area contributed by atoms with Crippen molar-refractivity contribution in [3.8, 4) is 17.1 Å². The summed E-state index contributed by atoms with van der Waals surface area (Å²) < 4.78 is 2.16. The molecule has 0 aliphatic heterocycles. The summed E-state index contributed by atoms with van der Waals surface area (Å²) in [5.41, 5.74) is 3.45. The standard InChI is InChI=1S/C19H21N3S/c1-3-4-14-23-19-21-20-18(16-8-6-5-7-9-16)22(19)17-12-10-15(2)11-13-17/h5-13H,3-4,14H2,1-2H3. The first kappa shape index (κ1) is 15.8. The molecule has 118 valence electrons. The minimum Gasteiger partial charge on any atom is -0.270 e. The third kappa shape index (κ3) is 3.64. The number of hydrogen-bond acceptors (Lipinski definition) is 3. The number of benzene rings is 2. The van der Waals surface area contributed by atoms with Gasteiger partial charge in [-0.2, -0.15) is 0 Å².